The van der Waals surface area contributed by atoms with Crippen LogP contribution in [0.15, 0.2) is 71.7 Å². The molecule has 1 aliphatic heterocycles. The lowest BCUT2D eigenvalue weighted by Crippen LogP contribution is -2.40. The Hall–Kier alpha value is -3.68. The average molecular weight is 517 g/mol. The van der Waals surface area contributed by atoms with Gasteiger partial charge in [-0.2, -0.15) is 0 Å². The Morgan fingerprint density at radius 1 is 0.889 bits per heavy atom. The molecule has 1 aliphatic rings. The number of hydrogen-bond donors (Lipinski definition) is 0. The molecule has 2 aromatic carbocycles. The number of fused-ring (bicyclic) bond motifs is 1. The Kier molecular flexibility index (Phi) is 5.74. The van der Waals surface area contributed by atoms with Gasteiger partial charge in [0.05, 0.1) is 17.8 Å². The average Bonchev–Trinajstić information content (AvgIpc) is 3.16. The van der Waals surface area contributed by atoms with Crippen molar-refractivity contribution < 1.29 is 0 Å². The highest BCUT2D eigenvalue weighted by Gasteiger charge is 2.27. The molecule has 0 spiro atoms. The van der Waals surface area contributed by atoms with Crippen molar-refractivity contribution in [2.24, 2.45) is 0 Å². The predicted octanol–water partition coefficient (Wildman–Crippen LogP) is 5.49. The molecule has 0 N–H and O–H groups in total. The summed E-state index contributed by atoms with van der Waals surface area (Å²) in [5.41, 5.74) is 5.37. The molecule has 9 heteroatoms. The van der Waals surface area contributed by atoms with E-state index in [1.165, 1.54) is 4.68 Å². The molecule has 3 aromatic heterocycles. The summed E-state index contributed by atoms with van der Waals surface area (Å²) in [5.74, 6) is 0.595. The summed E-state index contributed by atoms with van der Waals surface area (Å²) in [4.78, 5) is 25.3. The number of rotatable bonds is 5. The third kappa shape index (κ3) is 4.04. The quantitative estimate of drug-likeness (QED) is 0.308. The SMILES string of the molecule is Cc1ccc(Cn2nc3c(-c4ccc(Cl)cc4)c(-c4ccc(Cl)cc4)nc(N4CCC4)n3c2=O)cn1. The van der Waals surface area contributed by atoms with E-state index in [0.29, 0.717) is 28.2 Å². The maximum Gasteiger partial charge on any atom is 0.353 e. The molecule has 6 rings (SSSR count). The normalized spacial score (nSPS) is 13.2. The van der Waals surface area contributed by atoms with E-state index in [2.05, 4.69) is 9.88 Å². The van der Waals surface area contributed by atoms with Gasteiger partial charge in [0.2, 0.25) is 5.95 Å². The molecule has 0 atom stereocenters. The van der Waals surface area contributed by atoms with Gasteiger partial charge >= 0.3 is 5.69 Å². The summed E-state index contributed by atoms with van der Waals surface area (Å²) >= 11 is 12.4. The van der Waals surface area contributed by atoms with E-state index in [1.807, 2.05) is 67.6 Å². The van der Waals surface area contributed by atoms with Gasteiger partial charge in [-0.15, -0.1) is 5.10 Å². The van der Waals surface area contributed by atoms with Crippen LogP contribution in [0.5, 0.6) is 0 Å². The third-order valence-corrected chi connectivity index (χ3v) is 6.91. The topological polar surface area (TPSA) is 68.3 Å². The van der Waals surface area contributed by atoms with Crippen LogP contribution in [-0.4, -0.2) is 37.2 Å². The molecule has 36 heavy (non-hydrogen) atoms. The van der Waals surface area contributed by atoms with E-state index in [0.717, 1.165) is 53.2 Å². The molecule has 0 saturated carbocycles. The first kappa shape index (κ1) is 22.8. The molecule has 4 heterocycles. The molecule has 180 valence electrons. The number of pyridine rings is 1. The lowest BCUT2D eigenvalue weighted by Gasteiger charge is -2.32. The van der Waals surface area contributed by atoms with E-state index in [4.69, 9.17) is 33.3 Å². The van der Waals surface area contributed by atoms with Crippen LogP contribution in [0.3, 0.4) is 0 Å². The number of anilines is 1. The smallest absolute Gasteiger partial charge is 0.342 e. The van der Waals surface area contributed by atoms with Crippen LogP contribution in [0.4, 0.5) is 5.95 Å². The number of aryl methyl sites for hydroxylation is 1. The summed E-state index contributed by atoms with van der Waals surface area (Å²) in [6, 6.07) is 19.0. The van der Waals surface area contributed by atoms with Crippen molar-refractivity contribution in [3.8, 4) is 22.4 Å². The fourth-order valence-corrected chi connectivity index (χ4v) is 4.61. The highest BCUT2D eigenvalue weighted by molar-refractivity contribution is 6.31. The first-order valence-corrected chi connectivity index (χ1v) is 12.5. The van der Waals surface area contributed by atoms with Gasteiger partial charge in [-0.25, -0.2) is 18.9 Å². The number of aromatic nitrogens is 5. The lowest BCUT2D eigenvalue weighted by molar-refractivity contribution is 0.591. The largest absolute Gasteiger partial charge is 0.353 e. The number of benzene rings is 2. The van der Waals surface area contributed by atoms with Crippen LogP contribution in [-0.2, 0) is 6.54 Å². The number of hydrogen-bond acceptors (Lipinski definition) is 5. The minimum absolute atomic E-state index is 0.238. The molecule has 0 amide bonds. The van der Waals surface area contributed by atoms with Crippen molar-refractivity contribution >= 4 is 34.8 Å². The summed E-state index contributed by atoms with van der Waals surface area (Å²) in [7, 11) is 0. The molecular weight excluding hydrogens is 495 g/mol. The second-order valence-electron chi connectivity index (χ2n) is 8.90. The van der Waals surface area contributed by atoms with Crippen LogP contribution >= 0.6 is 23.2 Å². The van der Waals surface area contributed by atoms with E-state index in [9.17, 15) is 4.79 Å². The second kappa shape index (κ2) is 9.08. The molecule has 0 aliphatic carbocycles. The van der Waals surface area contributed by atoms with Gasteiger partial charge in [-0.3, -0.25) is 4.98 Å². The molecule has 0 unspecified atom stereocenters. The zero-order valence-electron chi connectivity index (χ0n) is 19.5. The third-order valence-electron chi connectivity index (χ3n) is 6.41. The molecular formula is C27H22Cl2N6O. The predicted molar refractivity (Wildman–Crippen MR) is 143 cm³/mol. The summed E-state index contributed by atoms with van der Waals surface area (Å²) in [6.45, 7) is 3.91. The fourth-order valence-electron chi connectivity index (χ4n) is 4.36. The molecule has 5 aromatic rings. The van der Waals surface area contributed by atoms with Crippen LogP contribution < -0.4 is 10.6 Å². The van der Waals surface area contributed by atoms with Crippen LogP contribution in [0.25, 0.3) is 28.0 Å². The Morgan fingerprint density at radius 2 is 1.56 bits per heavy atom. The Bertz CT molecular complexity index is 1620. The first-order valence-electron chi connectivity index (χ1n) is 11.7. The van der Waals surface area contributed by atoms with Crippen LogP contribution in [0.1, 0.15) is 17.7 Å². The fraction of sp³-hybridized carbons (Fsp3) is 0.185. The maximum absolute atomic E-state index is 13.7. The van der Waals surface area contributed by atoms with E-state index in [1.54, 1.807) is 10.6 Å². The second-order valence-corrected chi connectivity index (χ2v) is 9.77. The van der Waals surface area contributed by atoms with Gasteiger partial charge in [0.25, 0.3) is 0 Å². The number of halogens is 2. The zero-order chi connectivity index (χ0) is 24.8. The highest BCUT2D eigenvalue weighted by atomic mass is 35.5. The van der Waals surface area contributed by atoms with Crippen molar-refractivity contribution in [3.05, 3.63) is 98.6 Å². The Balaban J connectivity index is 1.64. The van der Waals surface area contributed by atoms with E-state index >= 15 is 0 Å². The van der Waals surface area contributed by atoms with Crippen LogP contribution in [0, 0.1) is 6.92 Å². The van der Waals surface area contributed by atoms with Crippen molar-refractivity contribution in [2.75, 3.05) is 18.0 Å². The molecule has 1 saturated heterocycles. The summed E-state index contributed by atoms with van der Waals surface area (Å²) in [6.07, 6.45) is 2.83. The van der Waals surface area contributed by atoms with Crippen molar-refractivity contribution in [1.82, 2.24) is 24.1 Å². The van der Waals surface area contributed by atoms with Crippen LogP contribution in [0.2, 0.25) is 10.0 Å². The van der Waals surface area contributed by atoms with Gasteiger partial charge in [0, 0.05) is 40.6 Å². The van der Waals surface area contributed by atoms with Crippen molar-refractivity contribution in [2.45, 2.75) is 19.9 Å². The molecule has 0 bridgehead atoms. The highest BCUT2D eigenvalue weighted by Crippen LogP contribution is 2.37. The van der Waals surface area contributed by atoms with Gasteiger partial charge in [0.15, 0.2) is 5.65 Å². The first-order chi connectivity index (χ1) is 17.5. The van der Waals surface area contributed by atoms with Crippen molar-refractivity contribution in [3.63, 3.8) is 0 Å². The standard InChI is InChI=1S/C27H22Cl2N6O/c1-17-3-4-18(15-30-17)16-34-27(36)35-25(32-34)23(19-5-9-21(28)10-6-19)24(20-7-11-22(29)12-8-20)31-26(35)33-13-2-14-33/h3-12,15H,2,13-14,16H2,1H3. The van der Waals surface area contributed by atoms with E-state index < -0.39 is 0 Å². The minimum Gasteiger partial charge on any atom is -0.342 e. The maximum atomic E-state index is 13.7. The molecule has 0 radical (unpaired) electrons. The summed E-state index contributed by atoms with van der Waals surface area (Å²) < 4.78 is 3.11. The Morgan fingerprint density at radius 3 is 2.14 bits per heavy atom. The van der Waals surface area contributed by atoms with Gasteiger partial charge in [-0.05, 0) is 54.8 Å². The monoisotopic (exact) mass is 516 g/mol. The molecule has 1 fully saturated rings. The van der Waals surface area contributed by atoms with Crippen molar-refractivity contribution in [1.29, 1.82) is 0 Å². The Labute approximate surface area is 217 Å². The number of nitrogens with zero attached hydrogens (tertiary/aromatic N) is 6. The summed E-state index contributed by atoms with van der Waals surface area (Å²) in [5, 5.41) is 6.12. The van der Waals surface area contributed by atoms with E-state index in [-0.39, 0.29) is 5.69 Å². The minimum atomic E-state index is -0.238. The van der Waals surface area contributed by atoms with Gasteiger partial charge in [0.1, 0.15) is 0 Å². The molecule has 7 nitrogen and oxygen atoms in total. The van der Waals surface area contributed by atoms with Gasteiger partial charge in [-0.1, -0.05) is 53.5 Å². The van der Waals surface area contributed by atoms with Gasteiger partial charge < -0.3 is 4.90 Å². The lowest BCUT2D eigenvalue weighted by atomic mass is 10.00. The zero-order valence-corrected chi connectivity index (χ0v) is 21.0.